The van der Waals surface area contributed by atoms with Gasteiger partial charge < -0.3 is 24.1 Å². The third-order valence-electron chi connectivity index (χ3n) is 3.99. The van der Waals surface area contributed by atoms with Crippen molar-refractivity contribution in [3.63, 3.8) is 0 Å². The fourth-order valence-corrected chi connectivity index (χ4v) is 5.58. The van der Waals surface area contributed by atoms with Crippen molar-refractivity contribution in [1.29, 1.82) is 0 Å². The van der Waals surface area contributed by atoms with Crippen molar-refractivity contribution in [2.24, 2.45) is 0 Å². The van der Waals surface area contributed by atoms with E-state index in [-0.39, 0.29) is 29.4 Å². The predicted molar refractivity (Wildman–Crippen MR) is 103 cm³/mol. The van der Waals surface area contributed by atoms with Crippen molar-refractivity contribution < 1.29 is 18.3 Å². The quantitative estimate of drug-likeness (QED) is 0.536. The van der Waals surface area contributed by atoms with Crippen LogP contribution >= 0.6 is 19.2 Å². The Morgan fingerprint density at radius 1 is 1.30 bits per heavy atom. The molecule has 11 heteroatoms. The Kier molecular flexibility index (Phi) is 6.08. The molecule has 3 rings (SSSR count). The Hall–Kier alpha value is -1.25. The Morgan fingerprint density at radius 3 is 2.59 bits per heavy atom. The van der Waals surface area contributed by atoms with Gasteiger partial charge in [0.05, 0.1) is 31.2 Å². The number of rotatable bonds is 7. The fraction of sp³-hybridized carbons (Fsp3) is 0.688. The van der Waals surface area contributed by atoms with Gasteiger partial charge in [-0.1, -0.05) is 11.6 Å². The molecule has 1 aliphatic rings. The molecular formula is C16H25ClN5O4P. The smallest absolute Gasteiger partial charge is 0.359 e. The second kappa shape index (κ2) is 8.01. The number of nitrogens with two attached hydrogens (primary N) is 1. The van der Waals surface area contributed by atoms with Crippen LogP contribution in [-0.4, -0.2) is 43.7 Å². The van der Waals surface area contributed by atoms with Crippen LogP contribution in [0.3, 0.4) is 0 Å². The van der Waals surface area contributed by atoms with Crippen molar-refractivity contribution in [2.45, 2.75) is 71.2 Å². The van der Waals surface area contributed by atoms with E-state index in [1.54, 1.807) is 6.33 Å². The van der Waals surface area contributed by atoms with Gasteiger partial charge in [-0.15, -0.1) is 0 Å². The summed E-state index contributed by atoms with van der Waals surface area (Å²) in [5.74, 6) is -0.509. The third-order valence-corrected chi connectivity index (χ3v) is 6.77. The van der Waals surface area contributed by atoms with E-state index in [1.165, 1.54) is 0 Å². The first-order valence-electron chi connectivity index (χ1n) is 8.93. The van der Waals surface area contributed by atoms with Crippen LogP contribution in [0.15, 0.2) is 6.33 Å². The maximum absolute atomic E-state index is 13.2. The average Bonchev–Trinajstić information content (AvgIpc) is 3.14. The molecule has 1 fully saturated rings. The number of imidazole rings is 1. The summed E-state index contributed by atoms with van der Waals surface area (Å²) in [6.07, 6.45) is 2.30. The number of aromatic nitrogens is 4. The Morgan fingerprint density at radius 2 is 1.96 bits per heavy atom. The van der Waals surface area contributed by atoms with Crippen LogP contribution in [0.4, 0.5) is 5.95 Å². The minimum Gasteiger partial charge on any atom is -0.368 e. The molecule has 9 nitrogen and oxygen atoms in total. The number of ether oxygens (including phenoxy) is 1. The van der Waals surface area contributed by atoms with Gasteiger partial charge in [-0.25, -0.2) is 4.98 Å². The van der Waals surface area contributed by atoms with Gasteiger partial charge in [-0.3, -0.25) is 4.57 Å². The summed E-state index contributed by atoms with van der Waals surface area (Å²) in [6.45, 7) is 7.79. The van der Waals surface area contributed by atoms with Crippen LogP contribution in [0.25, 0.3) is 11.2 Å². The summed E-state index contributed by atoms with van der Waals surface area (Å²) in [5, 5.41) is 0.210. The van der Waals surface area contributed by atoms with E-state index in [0.717, 1.165) is 0 Å². The summed E-state index contributed by atoms with van der Waals surface area (Å²) in [5.41, 5.74) is 6.71. The molecule has 2 aromatic heterocycles. The number of halogens is 1. The van der Waals surface area contributed by atoms with Crippen molar-refractivity contribution in [2.75, 3.05) is 5.73 Å². The summed E-state index contributed by atoms with van der Waals surface area (Å²) in [6, 6.07) is 0. The van der Waals surface area contributed by atoms with Crippen LogP contribution in [0, 0.1) is 0 Å². The highest BCUT2D eigenvalue weighted by molar-refractivity contribution is 7.54. The van der Waals surface area contributed by atoms with E-state index < -0.39 is 13.4 Å². The van der Waals surface area contributed by atoms with Crippen LogP contribution < -0.4 is 5.73 Å². The van der Waals surface area contributed by atoms with Crippen LogP contribution in [0.2, 0.25) is 5.15 Å². The number of nitrogen functional groups attached to an aromatic ring is 1. The van der Waals surface area contributed by atoms with Gasteiger partial charge >= 0.3 is 7.60 Å². The molecule has 0 aliphatic carbocycles. The summed E-state index contributed by atoms with van der Waals surface area (Å²) < 4.78 is 32.4. The van der Waals surface area contributed by atoms with Crippen molar-refractivity contribution in [1.82, 2.24) is 19.5 Å². The predicted octanol–water partition coefficient (Wildman–Crippen LogP) is 3.61. The average molecular weight is 418 g/mol. The summed E-state index contributed by atoms with van der Waals surface area (Å²) in [4.78, 5) is 12.3. The first-order chi connectivity index (χ1) is 12.7. The molecule has 1 aliphatic heterocycles. The molecule has 2 N–H and O–H groups in total. The van der Waals surface area contributed by atoms with Gasteiger partial charge in [0.25, 0.3) is 0 Å². The first-order valence-corrected chi connectivity index (χ1v) is 10.9. The molecule has 0 radical (unpaired) electrons. The van der Waals surface area contributed by atoms with Crippen LogP contribution in [-0.2, 0) is 24.9 Å². The van der Waals surface area contributed by atoms with Gasteiger partial charge in [-0.2, -0.15) is 9.97 Å². The maximum Gasteiger partial charge on any atom is 0.359 e. The lowest BCUT2D eigenvalue weighted by atomic mass is 10.2. The second-order valence-corrected chi connectivity index (χ2v) is 9.52. The SMILES string of the molecule is CC(C)OP(=O)(OC(C)C)[C@@H]1CC[C@@H](Cn2cnc3c(Cl)nc(N)nc32)O1. The standard InChI is InChI=1S/C16H25ClN5O4P/c1-9(2)25-27(23,26-10(3)4)12-6-5-11(24-12)7-22-8-19-13-14(17)20-16(18)21-15(13)22/h8-12H,5-7H2,1-4H3,(H2,18,20,21)/t11-,12+/m0/s1. The molecule has 0 spiro atoms. The fourth-order valence-electron chi connectivity index (χ4n) is 3.08. The van der Waals surface area contributed by atoms with Crippen LogP contribution in [0.5, 0.6) is 0 Å². The normalized spacial score (nSPS) is 21.0. The Bertz CT molecular complexity index is 845. The molecule has 3 heterocycles. The van der Waals surface area contributed by atoms with Crippen molar-refractivity contribution in [3.8, 4) is 0 Å². The molecule has 0 unspecified atom stereocenters. The van der Waals surface area contributed by atoms with Crippen molar-refractivity contribution >= 4 is 36.3 Å². The number of hydrogen-bond donors (Lipinski definition) is 1. The van der Waals surface area contributed by atoms with Gasteiger partial charge in [0, 0.05) is 0 Å². The molecule has 27 heavy (non-hydrogen) atoms. The zero-order valence-corrected chi connectivity index (χ0v) is 17.5. The molecule has 2 atom stereocenters. The molecule has 0 amide bonds. The lowest BCUT2D eigenvalue weighted by molar-refractivity contribution is 0.0397. The monoisotopic (exact) mass is 417 g/mol. The van der Waals surface area contributed by atoms with Gasteiger partial charge in [0.2, 0.25) is 5.95 Å². The van der Waals surface area contributed by atoms with Crippen LogP contribution in [0.1, 0.15) is 40.5 Å². The van der Waals surface area contributed by atoms with Crippen molar-refractivity contribution in [3.05, 3.63) is 11.5 Å². The van der Waals surface area contributed by atoms with E-state index in [2.05, 4.69) is 15.0 Å². The highest BCUT2D eigenvalue weighted by atomic mass is 35.5. The second-order valence-electron chi connectivity index (χ2n) is 7.08. The minimum atomic E-state index is -3.38. The lowest BCUT2D eigenvalue weighted by Crippen LogP contribution is -2.21. The van der Waals surface area contributed by atoms with E-state index in [4.69, 9.17) is 31.1 Å². The van der Waals surface area contributed by atoms with Gasteiger partial charge in [0.1, 0.15) is 5.52 Å². The zero-order chi connectivity index (χ0) is 19.8. The number of anilines is 1. The molecule has 0 bridgehead atoms. The topological polar surface area (TPSA) is 114 Å². The summed E-state index contributed by atoms with van der Waals surface area (Å²) in [7, 11) is -3.38. The summed E-state index contributed by atoms with van der Waals surface area (Å²) >= 11 is 6.06. The van der Waals surface area contributed by atoms with E-state index >= 15 is 0 Å². The number of nitrogens with zero attached hydrogens (tertiary/aromatic N) is 4. The molecule has 2 aromatic rings. The first kappa shape index (κ1) is 20.5. The van der Waals surface area contributed by atoms with E-state index in [1.807, 2.05) is 32.3 Å². The Labute approximate surface area is 163 Å². The van der Waals surface area contributed by atoms with E-state index in [0.29, 0.717) is 30.6 Å². The lowest BCUT2D eigenvalue weighted by Gasteiger charge is -2.27. The maximum atomic E-state index is 13.2. The zero-order valence-electron chi connectivity index (χ0n) is 15.8. The minimum absolute atomic E-state index is 0.0830. The van der Waals surface area contributed by atoms with Gasteiger partial charge in [0.15, 0.2) is 16.6 Å². The van der Waals surface area contributed by atoms with E-state index in [9.17, 15) is 4.57 Å². The highest BCUT2D eigenvalue weighted by Gasteiger charge is 2.44. The highest BCUT2D eigenvalue weighted by Crippen LogP contribution is 2.59. The molecular weight excluding hydrogens is 393 g/mol. The van der Waals surface area contributed by atoms with Gasteiger partial charge in [-0.05, 0) is 40.5 Å². The number of hydrogen-bond acceptors (Lipinski definition) is 8. The molecule has 150 valence electrons. The largest absolute Gasteiger partial charge is 0.368 e. The number of fused-ring (bicyclic) bond motifs is 1. The molecule has 0 aromatic carbocycles. The third kappa shape index (κ3) is 4.60. The molecule has 0 saturated carbocycles. The Balaban J connectivity index is 1.75. The molecule has 1 saturated heterocycles.